The molecule has 104 valence electrons. The van der Waals surface area contributed by atoms with Crippen molar-refractivity contribution in [1.82, 2.24) is 10.6 Å². The van der Waals surface area contributed by atoms with Crippen LogP contribution in [-0.4, -0.2) is 36.0 Å². The van der Waals surface area contributed by atoms with Crippen LogP contribution in [0.1, 0.15) is 51.4 Å². The van der Waals surface area contributed by atoms with Crippen LogP contribution >= 0.6 is 11.8 Å². The van der Waals surface area contributed by atoms with Crippen molar-refractivity contribution >= 4 is 17.7 Å². The second-order valence-electron chi connectivity index (χ2n) is 5.67. The molecule has 2 aliphatic rings. The molecule has 2 fully saturated rings. The largest absolute Gasteiger partial charge is 0.353 e. The van der Waals surface area contributed by atoms with Gasteiger partial charge in [0.05, 0.1) is 6.04 Å². The molecule has 1 saturated heterocycles. The third-order valence-electron chi connectivity index (χ3n) is 4.41. The summed E-state index contributed by atoms with van der Waals surface area (Å²) in [6.07, 6.45) is 12.1. The minimum Gasteiger partial charge on any atom is -0.353 e. The summed E-state index contributed by atoms with van der Waals surface area (Å²) in [5.41, 5.74) is 0. The Balaban J connectivity index is 1.79. The Bertz CT molecular complexity index is 271. The summed E-state index contributed by atoms with van der Waals surface area (Å²) in [7, 11) is 0. The lowest BCUT2D eigenvalue weighted by Crippen LogP contribution is -2.50. The fourth-order valence-corrected chi connectivity index (χ4v) is 4.01. The predicted octanol–water partition coefficient (Wildman–Crippen LogP) is 2.31. The molecular formula is C14H26N2OS. The van der Waals surface area contributed by atoms with Gasteiger partial charge in [-0.25, -0.2) is 0 Å². The van der Waals surface area contributed by atoms with Crippen molar-refractivity contribution < 1.29 is 4.79 Å². The molecular weight excluding hydrogens is 244 g/mol. The average Bonchev–Trinajstić information content (AvgIpc) is 2.47. The number of amides is 1. The van der Waals surface area contributed by atoms with Crippen LogP contribution in [0.5, 0.6) is 0 Å². The van der Waals surface area contributed by atoms with Gasteiger partial charge in [-0.05, 0) is 38.5 Å². The summed E-state index contributed by atoms with van der Waals surface area (Å²) >= 11 is 1.95. The van der Waals surface area contributed by atoms with Gasteiger partial charge >= 0.3 is 0 Å². The summed E-state index contributed by atoms with van der Waals surface area (Å²) in [6.45, 7) is 1.84. The van der Waals surface area contributed by atoms with Crippen molar-refractivity contribution in [3.05, 3.63) is 0 Å². The van der Waals surface area contributed by atoms with E-state index in [0.29, 0.717) is 4.75 Å². The van der Waals surface area contributed by atoms with E-state index < -0.39 is 0 Å². The maximum Gasteiger partial charge on any atom is 0.237 e. The van der Waals surface area contributed by atoms with Crippen LogP contribution in [0.25, 0.3) is 0 Å². The van der Waals surface area contributed by atoms with Gasteiger partial charge in [0.15, 0.2) is 0 Å². The Morgan fingerprint density at radius 3 is 2.67 bits per heavy atom. The third-order valence-corrected chi connectivity index (χ3v) is 5.83. The molecule has 1 atom stereocenters. The highest BCUT2D eigenvalue weighted by molar-refractivity contribution is 8.00. The molecule has 4 heteroatoms. The standard InChI is InChI=1S/C14H26N2OS/c1-18-14(8-4-2-5-9-14)11-16-13(17)12-7-3-6-10-15-12/h12,15H,2-11H2,1H3,(H,16,17)/t12-/m0/s1. The molecule has 2 N–H and O–H groups in total. The normalized spacial score (nSPS) is 27.7. The maximum absolute atomic E-state index is 12.1. The maximum atomic E-state index is 12.1. The zero-order valence-corrected chi connectivity index (χ0v) is 12.3. The van der Waals surface area contributed by atoms with Gasteiger partial charge in [-0.3, -0.25) is 4.79 Å². The molecule has 1 aliphatic heterocycles. The smallest absolute Gasteiger partial charge is 0.237 e. The van der Waals surface area contributed by atoms with Crippen molar-refractivity contribution in [3.8, 4) is 0 Å². The number of carbonyl (C=O) groups excluding carboxylic acids is 1. The molecule has 1 saturated carbocycles. The molecule has 0 aromatic carbocycles. The van der Waals surface area contributed by atoms with Crippen molar-refractivity contribution in [1.29, 1.82) is 0 Å². The SMILES string of the molecule is CSC1(CNC(=O)[C@@H]2CCCCN2)CCCCC1. The van der Waals surface area contributed by atoms with Crippen LogP contribution in [0.2, 0.25) is 0 Å². The van der Waals surface area contributed by atoms with Gasteiger partial charge in [0.1, 0.15) is 0 Å². The number of hydrogen-bond acceptors (Lipinski definition) is 3. The van der Waals surface area contributed by atoms with Crippen LogP contribution in [-0.2, 0) is 4.79 Å². The minimum atomic E-state index is 0.0567. The molecule has 0 bridgehead atoms. The third kappa shape index (κ3) is 3.64. The quantitative estimate of drug-likeness (QED) is 0.823. The average molecular weight is 270 g/mol. The van der Waals surface area contributed by atoms with E-state index in [1.807, 2.05) is 11.8 Å². The Morgan fingerprint density at radius 2 is 2.06 bits per heavy atom. The number of nitrogens with one attached hydrogen (secondary N) is 2. The van der Waals surface area contributed by atoms with Crippen LogP contribution in [0.15, 0.2) is 0 Å². The zero-order chi connectivity index (χ0) is 12.8. The van der Waals surface area contributed by atoms with Gasteiger partial charge in [-0.2, -0.15) is 11.8 Å². The molecule has 2 rings (SSSR count). The Hall–Kier alpha value is -0.220. The van der Waals surface area contributed by atoms with Gasteiger partial charge in [0.25, 0.3) is 0 Å². The number of piperidine rings is 1. The molecule has 1 amide bonds. The molecule has 0 aromatic heterocycles. The summed E-state index contributed by atoms with van der Waals surface area (Å²) in [6, 6.07) is 0.0567. The van der Waals surface area contributed by atoms with E-state index in [1.54, 1.807) is 0 Å². The first kappa shape index (κ1) is 14.2. The second-order valence-corrected chi connectivity index (χ2v) is 6.94. The van der Waals surface area contributed by atoms with Gasteiger partial charge in [-0.1, -0.05) is 25.7 Å². The molecule has 0 radical (unpaired) electrons. The molecule has 18 heavy (non-hydrogen) atoms. The van der Waals surface area contributed by atoms with E-state index in [-0.39, 0.29) is 11.9 Å². The number of thioether (sulfide) groups is 1. The summed E-state index contributed by atoms with van der Waals surface area (Å²) < 4.78 is 0.308. The lowest BCUT2D eigenvalue weighted by atomic mass is 9.88. The molecule has 0 aromatic rings. The fourth-order valence-electron chi connectivity index (χ4n) is 3.10. The second kappa shape index (κ2) is 6.80. The molecule has 1 aliphatic carbocycles. The monoisotopic (exact) mass is 270 g/mol. The zero-order valence-electron chi connectivity index (χ0n) is 11.5. The van der Waals surface area contributed by atoms with Crippen molar-refractivity contribution in [2.45, 2.75) is 62.2 Å². The Labute approximate surface area is 115 Å². The topological polar surface area (TPSA) is 41.1 Å². The van der Waals surface area contributed by atoms with Gasteiger partial charge in [0, 0.05) is 11.3 Å². The number of hydrogen-bond donors (Lipinski definition) is 2. The highest BCUT2D eigenvalue weighted by Gasteiger charge is 2.32. The van der Waals surface area contributed by atoms with E-state index in [0.717, 1.165) is 19.5 Å². The number of rotatable bonds is 4. The van der Waals surface area contributed by atoms with Gasteiger partial charge in [0.2, 0.25) is 5.91 Å². The first-order chi connectivity index (χ1) is 8.76. The van der Waals surface area contributed by atoms with Crippen LogP contribution in [0, 0.1) is 0 Å². The van der Waals surface area contributed by atoms with Crippen molar-refractivity contribution in [2.24, 2.45) is 0 Å². The lowest BCUT2D eigenvalue weighted by molar-refractivity contribution is -0.123. The summed E-state index contributed by atoms with van der Waals surface area (Å²) in [4.78, 5) is 12.1. The first-order valence-electron chi connectivity index (χ1n) is 7.32. The molecule has 0 spiro atoms. The molecule has 3 nitrogen and oxygen atoms in total. The highest BCUT2D eigenvalue weighted by Crippen LogP contribution is 2.37. The predicted molar refractivity (Wildman–Crippen MR) is 78.0 cm³/mol. The van der Waals surface area contributed by atoms with Gasteiger partial charge < -0.3 is 10.6 Å². The first-order valence-corrected chi connectivity index (χ1v) is 8.54. The summed E-state index contributed by atoms with van der Waals surface area (Å²) in [5, 5.41) is 6.51. The lowest BCUT2D eigenvalue weighted by Gasteiger charge is -2.36. The molecule has 1 heterocycles. The van der Waals surface area contributed by atoms with Crippen molar-refractivity contribution in [3.63, 3.8) is 0 Å². The summed E-state index contributed by atoms with van der Waals surface area (Å²) in [5.74, 6) is 0.216. The van der Waals surface area contributed by atoms with Crippen LogP contribution < -0.4 is 10.6 Å². The van der Waals surface area contributed by atoms with Crippen LogP contribution in [0.4, 0.5) is 0 Å². The number of carbonyl (C=O) groups is 1. The fraction of sp³-hybridized carbons (Fsp3) is 0.929. The van der Waals surface area contributed by atoms with Gasteiger partial charge in [-0.15, -0.1) is 0 Å². The van der Waals surface area contributed by atoms with Crippen LogP contribution in [0.3, 0.4) is 0 Å². The molecule has 0 unspecified atom stereocenters. The van der Waals surface area contributed by atoms with E-state index in [4.69, 9.17) is 0 Å². The van der Waals surface area contributed by atoms with E-state index >= 15 is 0 Å². The Kier molecular flexibility index (Phi) is 5.37. The minimum absolute atomic E-state index is 0.0567. The van der Waals surface area contributed by atoms with Crippen molar-refractivity contribution in [2.75, 3.05) is 19.3 Å². The van der Waals surface area contributed by atoms with E-state index in [2.05, 4.69) is 16.9 Å². The van der Waals surface area contributed by atoms with E-state index in [9.17, 15) is 4.79 Å². The van der Waals surface area contributed by atoms with E-state index in [1.165, 1.54) is 44.9 Å². The Morgan fingerprint density at radius 1 is 1.28 bits per heavy atom. The highest BCUT2D eigenvalue weighted by atomic mass is 32.2.